The summed E-state index contributed by atoms with van der Waals surface area (Å²) >= 11 is 0. The standard InChI is InChI=1S/C16H14O2.C4H10O/c1-2-12-8-6-7-11-14(12)16(18)15(17)13-9-4-3-5-10-13;1-3-5-4-2/h3-11H,2H2,1H3;3-4H2,1-2H3. The molecule has 0 aromatic heterocycles. The number of rotatable bonds is 6. The Labute approximate surface area is 138 Å². The fraction of sp³-hybridized carbons (Fsp3) is 0.300. The summed E-state index contributed by atoms with van der Waals surface area (Å²) in [4.78, 5) is 24.2. The van der Waals surface area contributed by atoms with Crippen molar-refractivity contribution in [2.45, 2.75) is 27.2 Å². The summed E-state index contributed by atoms with van der Waals surface area (Å²) in [6.07, 6.45) is 0.740. The summed E-state index contributed by atoms with van der Waals surface area (Å²) in [5, 5.41) is 0. The summed E-state index contributed by atoms with van der Waals surface area (Å²) < 4.78 is 4.83. The number of ketones is 2. The summed E-state index contributed by atoms with van der Waals surface area (Å²) in [6, 6.07) is 15.9. The number of carbonyl (C=O) groups is 2. The molecular formula is C20H24O3. The fourth-order valence-corrected chi connectivity index (χ4v) is 2.10. The van der Waals surface area contributed by atoms with Gasteiger partial charge in [-0.3, -0.25) is 9.59 Å². The first kappa shape index (κ1) is 18.8. The lowest BCUT2D eigenvalue weighted by molar-refractivity contribution is 0.0816. The lowest BCUT2D eigenvalue weighted by Crippen LogP contribution is -2.16. The Morgan fingerprint density at radius 1 is 0.783 bits per heavy atom. The van der Waals surface area contributed by atoms with Crippen LogP contribution in [0.2, 0.25) is 0 Å². The molecule has 0 spiro atoms. The van der Waals surface area contributed by atoms with Gasteiger partial charge < -0.3 is 4.74 Å². The fourth-order valence-electron chi connectivity index (χ4n) is 2.10. The number of carbonyl (C=O) groups excluding carboxylic acids is 2. The van der Waals surface area contributed by atoms with Gasteiger partial charge in [0.2, 0.25) is 11.6 Å². The van der Waals surface area contributed by atoms with Crippen molar-refractivity contribution < 1.29 is 14.3 Å². The van der Waals surface area contributed by atoms with Crippen LogP contribution in [0, 0.1) is 0 Å². The average Bonchev–Trinajstić information content (AvgIpc) is 2.62. The number of hydrogen-bond donors (Lipinski definition) is 0. The van der Waals surface area contributed by atoms with Gasteiger partial charge in [0.1, 0.15) is 0 Å². The third-order valence-electron chi connectivity index (χ3n) is 3.29. The molecule has 2 aromatic carbocycles. The van der Waals surface area contributed by atoms with Crippen molar-refractivity contribution in [3.05, 3.63) is 71.3 Å². The minimum atomic E-state index is -0.448. The molecule has 0 aliphatic heterocycles. The van der Waals surface area contributed by atoms with E-state index in [9.17, 15) is 9.59 Å². The second kappa shape index (κ2) is 10.5. The zero-order chi connectivity index (χ0) is 17.1. The summed E-state index contributed by atoms with van der Waals surface area (Å²) in [5.41, 5.74) is 1.86. The molecule has 2 aromatic rings. The third kappa shape index (κ3) is 5.80. The average molecular weight is 312 g/mol. The van der Waals surface area contributed by atoms with Crippen molar-refractivity contribution in [1.29, 1.82) is 0 Å². The van der Waals surface area contributed by atoms with Crippen LogP contribution in [0.25, 0.3) is 0 Å². The first-order valence-corrected chi connectivity index (χ1v) is 7.95. The van der Waals surface area contributed by atoms with E-state index in [4.69, 9.17) is 4.74 Å². The third-order valence-corrected chi connectivity index (χ3v) is 3.29. The largest absolute Gasteiger partial charge is 0.382 e. The van der Waals surface area contributed by atoms with Gasteiger partial charge in [-0.15, -0.1) is 0 Å². The van der Waals surface area contributed by atoms with E-state index >= 15 is 0 Å². The molecule has 0 unspecified atom stereocenters. The van der Waals surface area contributed by atoms with Gasteiger partial charge in [-0.2, -0.15) is 0 Å². The van der Waals surface area contributed by atoms with Crippen LogP contribution in [0.5, 0.6) is 0 Å². The topological polar surface area (TPSA) is 43.4 Å². The van der Waals surface area contributed by atoms with Crippen LogP contribution in [-0.4, -0.2) is 24.8 Å². The van der Waals surface area contributed by atoms with Crippen molar-refractivity contribution in [1.82, 2.24) is 0 Å². The van der Waals surface area contributed by atoms with Crippen molar-refractivity contribution >= 4 is 11.6 Å². The normalized spacial score (nSPS) is 9.70. The SMILES string of the molecule is CCOCC.CCc1ccccc1C(=O)C(=O)c1ccccc1. The highest BCUT2D eigenvalue weighted by Gasteiger charge is 2.19. The van der Waals surface area contributed by atoms with Crippen molar-refractivity contribution in [3.8, 4) is 0 Å². The van der Waals surface area contributed by atoms with Gasteiger partial charge in [-0.05, 0) is 25.8 Å². The highest BCUT2D eigenvalue weighted by Crippen LogP contribution is 2.13. The second-order valence-electron chi connectivity index (χ2n) is 4.82. The minimum Gasteiger partial charge on any atom is -0.382 e. The highest BCUT2D eigenvalue weighted by molar-refractivity contribution is 6.49. The van der Waals surface area contributed by atoms with E-state index in [1.165, 1.54) is 0 Å². The first-order valence-electron chi connectivity index (χ1n) is 7.95. The maximum absolute atomic E-state index is 12.2. The van der Waals surface area contributed by atoms with E-state index in [2.05, 4.69) is 0 Å². The zero-order valence-corrected chi connectivity index (χ0v) is 14.0. The van der Waals surface area contributed by atoms with E-state index in [1.807, 2.05) is 39.0 Å². The second-order valence-corrected chi connectivity index (χ2v) is 4.82. The molecule has 3 nitrogen and oxygen atoms in total. The Morgan fingerprint density at radius 3 is 1.87 bits per heavy atom. The predicted octanol–water partition coefficient (Wildman–Crippen LogP) is 4.36. The maximum atomic E-state index is 12.2. The molecule has 0 heterocycles. The molecule has 122 valence electrons. The monoisotopic (exact) mass is 312 g/mol. The minimum absolute atomic E-state index is 0.432. The number of ether oxygens (including phenoxy) is 1. The van der Waals surface area contributed by atoms with Crippen LogP contribution >= 0.6 is 0 Å². The molecule has 0 bridgehead atoms. The maximum Gasteiger partial charge on any atom is 0.233 e. The summed E-state index contributed by atoms with van der Waals surface area (Å²) in [7, 11) is 0. The Hall–Kier alpha value is -2.26. The van der Waals surface area contributed by atoms with Crippen molar-refractivity contribution in [3.63, 3.8) is 0 Å². The molecule has 23 heavy (non-hydrogen) atoms. The molecule has 3 heteroatoms. The van der Waals surface area contributed by atoms with Crippen LogP contribution in [0.4, 0.5) is 0 Å². The first-order chi connectivity index (χ1) is 11.2. The lowest BCUT2D eigenvalue weighted by atomic mass is 9.96. The van der Waals surface area contributed by atoms with E-state index in [0.29, 0.717) is 11.1 Å². The predicted molar refractivity (Wildman–Crippen MR) is 93.1 cm³/mol. The molecule has 0 saturated carbocycles. The van der Waals surface area contributed by atoms with Crippen LogP contribution in [0.3, 0.4) is 0 Å². The van der Waals surface area contributed by atoms with Gasteiger partial charge in [0, 0.05) is 24.3 Å². The van der Waals surface area contributed by atoms with E-state index in [-0.39, 0.29) is 0 Å². The highest BCUT2D eigenvalue weighted by atomic mass is 16.5. The van der Waals surface area contributed by atoms with Gasteiger partial charge in [0.25, 0.3) is 0 Å². The number of benzene rings is 2. The molecule has 0 atom stereocenters. The summed E-state index contributed by atoms with van der Waals surface area (Å²) in [6.45, 7) is 7.64. The molecule has 0 aliphatic rings. The van der Waals surface area contributed by atoms with Crippen LogP contribution < -0.4 is 0 Å². The number of aryl methyl sites for hydroxylation is 1. The Balaban J connectivity index is 0.000000463. The number of hydrogen-bond acceptors (Lipinski definition) is 3. The van der Waals surface area contributed by atoms with Gasteiger partial charge in [0.15, 0.2) is 0 Å². The van der Waals surface area contributed by atoms with E-state index < -0.39 is 11.6 Å². The van der Waals surface area contributed by atoms with Gasteiger partial charge in [-0.25, -0.2) is 0 Å². The van der Waals surface area contributed by atoms with Crippen molar-refractivity contribution in [2.75, 3.05) is 13.2 Å². The molecule has 0 aliphatic carbocycles. The van der Waals surface area contributed by atoms with Gasteiger partial charge in [0.05, 0.1) is 0 Å². The van der Waals surface area contributed by atoms with E-state index in [0.717, 1.165) is 25.2 Å². The molecule has 0 fully saturated rings. The van der Waals surface area contributed by atoms with Gasteiger partial charge >= 0.3 is 0 Å². The van der Waals surface area contributed by atoms with Crippen LogP contribution in [0.1, 0.15) is 47.1 Å². The number of Topliss-reactive ketones (excluding diaryl/α,β-unsaturated/α-hetero) is 2. The lowest BCUT2D eigenvalue weighted by Gasteiger charge is -2.05. The van der Waals surface area contributed by atoms with Gasteiger partial charge in [-0.1, -0.05) is 61.5 Å². The molecule has 0 saturated heterocycles. The van der Waals surface area contributed by atoms with Crippen molar-refractivity contribution in [2.24, 2.45) is 0 Å². The van der Waals surface area contributed by atoms with Crippen LogP contribution in [-0.2, 0) is 11.2 Å². The van der Waals surface area contributed by atoms with E-state index in [1.54, 1.807) is 36.4 Å². The molecule has 0 radical (unpaired) electrons. The molecule has 2 rings (SSSR count). The smallest absolute Gasteiger partial charge is 0.233 e. The Kier molecular flexibility index (Phi) is 8.55. The quantitative estimate of drug-likeness (QED) is 0.588. The zero-order valence-electron chi connectivity index (χ0n) is 14.0. The summed E-state index contributed by atoms with van der Waals surface area (Å²) in [5.74, 6) is -0.879. The molecular weight excluding hydrogens is 288 g/mol. The Bertz CT molecular complexity index is 616. The van der Waals surface area contributed by atoms with Crippen LogP contribution in [0.15, 0.2) is 54.6 Å². The molecule has 0 amide bonds. The molecule has 0 N–H and O–H groups in total. The Morgan fingerprint density at radius 2 is 1.35 bits per heavy atom.